The third kappa shape index (κ3) is 2.81. The van der Waals surface area contributed by atoms with Gasteiger partial charge >= 0.3 is 0 Å². The van der Waals surface area contributed by atoms with E-state index < -0.39 is 0 Å². The quantitative estimate of drug-likeness (QED) is 0.685. The first-order valence-electron chi connectivity index (χ1n) is 9.18. The van der Waals surface area contributed by atoms with Crippen LogP contribution in [-0.4, -0.2) is 68.2 Å². The summed E-state index contributed by atoms with van der Waals surface area (Å²) in [5.41, 5.74) is 2.14. The van der Waals surface area contributed by atoms with Crippen LogP contribution in [0.3, 0.4) is 0 Å². The molecule has 2 aliphatic rings. The third-order valence-corrected chi connectivity index (χ3v) is 6.53. The van der Waals surface area contributed by atoms with E-state index in [4.69, 9.17) is 14.8 Å². The SMILES string of the molecule is CN1CCN(Cc2nc3c4c5c(sc4ncn3n2)COC(C)(C)C5)CC1. The van der Waals surface area contributed by atoms with Crippen molar-refractivity contribution in [3.8, 4) is 0 Å². The normalized spacial score (nSPS) is 21.5. The topological polar surface area (TPSA) is 58.8 Å². The Morgan fingerprint density at radius 3 is 2.85 bits per heavy atom. The van der Waals surface area contributed by atoms with Crippen LogP contribution in [0.25, 0.3) is 15.9 Å². The minimum absolute atomic E-state index is 0.142. The van der Waals surface area contributed by atoms with Gasteiger partial charge in [-0.1, -0.05) is 0 Å². The van der Waals surface area contributed by atoms with Gasteiger partial charge in [-0.15, -0.1) is 16.4 Å². The van der Waals surface area contributed by atoms with Crippen LogP contribution in [0.15, 0.2) is 6.33 Å². The number of thiophene rings is 1. The van der Waals surface area contributed by atoms with Gasteiger partial charge < -0.3 is 9.64 Å². The van der Waals surface area contributed by atoms with Crippen molar-refractivity contribution in [2.45, 2.75) is 39.0 Å². The van der Waals surface area contributed by atoms with E-state index in [1.54, 1.807) is 17.7 Å². The molecule has 0 aliphatic carbocycles. The molecule has 26 heavy (non-hydrogen) atoms. The number of piperazine rings is 1. The molecule has 3 aromatic heterocycles. The van der Waals surface area contributed by atoms with Crippen LogP contribution < -0.4 is 0 Å². The molecule has 0 bridgehead atoms. The van der Waals surface area contributed by atoms with Crippen molar-refractivity contribution in [3.63, 3.8) is 0 Å². The number of hydrogen-bond acceptors (Lipinski definition) is 7. The highest BCUT2D eigenvalue weighted by molar-refractivity contribution is 7.19. The predicted octanol–water partition coefficient (Wildman–Crippen LogP) is 1.94. The Bertz CT molecular complexity index is 969. The average Bonchev–Trinajstić information content (AvgIpc) is 3.16. The summed E-state index contributed by atoms with van der Waals surface area (Å²) in [6, 6.07) is 0. The second-order valence-corrected chi connectivity index (χ2v) is 9.11. The largest absolute Gasteiger partial charge is 0.370 e. The lowest BCUT2D eigenvalue weighted by atomic mass is 9.94. The van der Waals surface area contributed by atoms with E-state index in [-0.39, 0.29) is 5.60 Å². The molecule has 0 amide bonds. The fourth-order valence-corrected chi connectivity index (χ4v) is 4.92. The summed E-state index contributed by atoms with van der Waals surface area (Å²) >= 11 is 1.73. The van der Waals surface area contributed by atoms with Gasteiger partial charge in [0, 0.05) is 37.5 Å². The summed E-state index contributed by atoms with van der Waals surface area (Å²) in [7, 11) is 2.17. The molecule has 0 unspecified atom stereocenters. The van der Waals surface area contributed by atoms with Gasteiger partial charge in [-0.05, 0) is 26.5 Å². The van der Waals surface area contributed by atoms with Crippen LogP contribution in [0.4, 0.5) is 0 Å². The molecule has 8 heteroatoms. The third-order valence-electron chi connectivity index (χ3n) is 5.41. The minimum Gasteiger partial charge on any atom is -0.370 e. The summed E-state index contributed by atoms with van der Waals surface area (Å²) in [6.45, 7) is 10.1. The fraction of sp³-hybridized carbons (Fsp3) is 0.611. The Hall–Kier alpha value is -1.61. The van der Waals surface area contributed by atoms with Gasteiger partial charge in [-0.25, -0.2) is 14.5 Å². The van der Waals surface area contributed by atoms with Crippen molar-refractivity contribution >= 4 is 27.2 Å². The molecule has 0 radical (unpaired) electrons. The van der Waals surface area contributed by atoms with Gasteiger partial charge in [-0.2, -0.15) is 0 Å². The predicted molar refractivity (Wildman–Crippen MR) is 102 cm³/mol. The lowest BCUT2D eigenvalue weighted by molar-refractivity contribution is -0.0379. The second-order valence-electron chi connectivity index (χ2n) is 8.03. The molecule has 3 aromatic rings. The van der Waals surface area contributed by atoms with Crippen LogP contribution >= 0.6 is 11.3 Å². The maximum Gasteiger partial charge on any atom is 0.168 e. The van der Waals surface area contributed by atoms with Crippen molar-refractivity contribution < 1.29 is 4.74 Å². The van der Waals surface area contributed by atoms with Crippen LogP contribution in [0.5, 0.6) is 0 Å². The molecule has 1 saturated heterocycles. The molecule has 7 nitrogen and oxygen atoms in total. The number of ether oxygens (including phenoxy) is 1. The number of aromatic nitrogens is 4. The van der Waals surface area contributed by atoms with Crippen molar-refractivity contribution in [2.24, 2.45) is 0 Å². The van der Waals surface area contributed by atoms with E-state index in [9.17, 15) is 0 Å². The van der Waals surface area contributed by atoms with Crippen LogP contribution in [0.2, 0.25) is 0 Å². The first-order valence-corrected chi connectivity index (χ1v) is 9.99. The van der Waals surface area contributed by atoms with E-state index in [0.29, 0.717) is 6.61 Å². The number of rotatable bonds is 2. The van der Waals surface area contributed by atoms with E-state index >= 15 is 0 Å². The summed E-state index contributed by atoms with van der Waals surface area (Å²) in [4.78, 5) is 16.7. The molecular formula is C18H24N6OS. The van der Waals surface area contributed by atoms with Gasteiger partial charge in [-0.3, -0.25) is 4.90 Å². The molecule has 0 N–H and O–H groups in total. The highest BCUT2D eigenvalue weighted by atomic mass is 32.1. The lowest BCUT2D eigenvalue weighted by Crippen LogP contribution is -2.44. The molecular weight excluding hydrogens is 348 g/mol. The van der Waals surface area contributed by atoms with Crippen molar-refractivity contribution in [1.29, 1.82) is 0 Å². The van der Waals surface area contributed by atoms with Gasteiger partial charge in [0.1, 0.15) is 11.2 Å². The van der Waals surface area contributed by atoms with Crippen LogP contribution in [-0.2, 0) is 24.3 Å². The Kier molecular flexibility index (Phi) is 3.79. The molecule has 0 aromatic carbocycles. The maximum atomic E-state index is 5.98. The zero-order valence-corrected chi connectivity index (χ0v) is 16.3. The summed E-state index contributed by atoms with van der Waals surface area (Å²) < 4.78 is 7.83. The Labute approximate surface area is 156 Å². The van der Waals surface area contributed by atoms with E-state index in [1.165, 1.54) is 15.8 Å². The molecule has 138 valence electrons. The molecule has 0 spiro atoms. The molecule has 5 rings (SSSR count). The van der Waals surface area contributed by atoms with Gasteiger partial charge in [0.25, 0.3) is 0 Å². The second kappa shape index (κ2) is 5.95. The molecule has 0 saturated carbocycles. The average molecular weight is 372 g/mol. The Balaban J connectivity index is 1.54. The van der Waals surface area contributed by atoms with E-state index in [0.717, 1.165) is 55.4 Å². The zero-order chi connectivity index (χ0) is 17.9. The standard InChI is InChI=1S/C18H24N6OS/c1-18(2)8-12-13(10-25-18)26-17-15(12)16-20-14(21-24(16)11-19-17)9-23-6-4-22(3)5-7-23/h11H,4-10H2,1-3H3. The Morgan fingerprint density at radius 2 is 2.04 bits per heavy atom. The maximum absolute atomic E-state index is 5.98. The van der Waals surface area contributed by atoms with Crippen molar-refractivity contribution in [3.05, 3.63) is 22.6 Å². The van der Waals surface area contributed by atoms with E-state index in [1.807, 2.05) is 4.52 Å². The van der Waals surface area contributed by atoms with Gasteiger partial charge in [0.05, 0.1) is 24.1 Å². The Morgan fingerprint density at radius 1 is 1.23 bits per heavy atom. The smallest absolute Gasteiger partial charge is 0.168 e. The lowest BCUT2D eigenvalue weighted by Gasteiger charge is -2.31. The highest BCUT2D eigenvalue weighted by Crippen LogP contribution is 2.39. The minimum atomic E-state index is -0.142. The highest BCUT2D eigenvalue weighted by Gasteiger charge is 2.31. The van der Waals surface area contributed by atoms with Crippen LogP contribution in [0.1, 0.15) is 30.1 Å². The first-order chi connectivity index (χ1) is 12.5. The fourth-order valence-electron chi connectivity index (χ4n) is 3.86. The van der Waals surface area contributed by atoms with E-state index in [2.05, 4.69) is 35.7 Å². The number of nitrogens with zero attached hydrogens (tertiary/aromatic N) is 6. The molecule has 5 heterocycles. The van der Waals surface area contributed by atoms with Gasteiger partial charge in [0.15, 0.2) is 11.5 Å². The summed E-state index contributed by atoms with van der Waals surface area (Å²) in [6.07, 6.45) is 2.69. The zero-order valence-electron chi connectivity index (χ0n) is 15.5. The first kappa shape index (κ1) is 16.6. The molecule has 2 aliphatic heterocycles. The van der Waals surface area contributed by atoms with Crippen LogP contribution in [0, 0.1) is 0 Å². The molecule has 0 atom stereocenters. The van der Waals surface area contributed by atoms with Crippen molar-refractivity contribution in [2.75, 3.05) is 33.2 Å². The summed E-state index contributed by atoms with van der Waals surface area (Å²) in [5, 5.41) is 5.87. The number of hydrogen-bond donors (Lipinski definition) is 0. The number of fused-ring (bicyclic) bond motifs is 5. The van der Waals surface area contributed by atoms with Gasteiger partial charge in [0.2, 0.25) is 0 Å². The number of likely N-dealkylation sites (N-methyl/N-ethyl adjacent to an activating group) is 1. The summed E-state index contributed by atoms with van der Waals surface area (Å²) in [5.74, 6) is 0.884. The van der Waals surface area contributed by atoms with Crippen molar-refractivity contribution in [1.82, 2.24) is 29.4 Å². The molecule has 1 fully saturated rings. The monoisotopic (exact) mass is 372 g/mol.